The van der Waals surface area contributed by atoms with Crippen LogP contribution in [0.2, 0.25) is 15.1 Å². The van der Waals surface area contributed by atoms with Gasteiger partial charge in [-0.1, -0.05) is 34.8 Å². The van der Waals surface area contributed by atoms with E-state index in [0.29, 0.717) is 21.4 Å². The highest BCUT2D eigenvalue weighted by Crippen LogP contribution is 2.34. The number of benzene rings is 2. The molecule has 0 radical (unpaired) electrons. The molecule has 0 saturated heterocycles. The van der Waals surface area contributed by atoms with E-state index in [1.54, 1.807) is 11.6 Å². The molecule has 1 N–H and O–H groups in total. The predicted molar refractivity (Wildman–Crippen MR) is 120 cm³/mol. The third-order valence-electron chi connectivity index (χ3n) is 4.26. The van der Waals surface area contributed by atoms with E-state index in [1.165, 1.54) is 35.7 Å². The highest BCUT2D eigenvalue weighted by Gasteiger charge is 2.18. The van der Waals surface area contributed by atoms with Crippen LogP contribution >= 0.6 is 46.1 Å². The first-order chi connectivity index (χ1) is 14.8. The fourth-order valence-corrected chi connectivity index (χ4v) is 4.31. The van der Waals surface area contributed by atoms with Crippen LogP contribution in [0.15, 0.2) is 54.2 Å². The zero-order chi connectivity index (χ0) is 22.1. The van der Waals surface area contributed by atoms with Gasteiger partial charge in [-0.25, -0.2) is 18.7 Å². The Labute approximate surface area is 194 Å². The second-order valence-corrected chi connectivity index (χ2v) is 8.40. The van der Waals surface area contributed by atoms with Gasteiger partial charge in [0.1, 0.15) is 22.3 Å². The normalized spacial score (nSPS) is 10.9. The van der Waals surface area contributed by atoms with Crippen molar-refractivity contribution in [2.75, 3.05) is 5.32 Å². The first kappa shape index (κ1) is 21.6. The van der Waals surface area contributed by atoms with Crippen LogP contribution < -0.4 is 5.32 Å². The number of thiazole rings is 1. The number of aromatic nitrogens is 2. The van der Waals surface area contributed by atoms with Crippen molar-refractivity contribution in [1.82, 2.24) is 9.97 Å². The average Bonchev–Trinajstić information content (AvgIpc) is 3.24. The van der Waals surface area contributed by atoms with Gasteiger partial charge in [0, 0.05) is 22.7 Å². The Kier molecular flexibility index (Phi) is 6.20. The monoisotopic (exact) mass is 495 g/mol. The van der Waals surface area contributed by atoms with Crippen molar-refractivity contribution < 1.29 is 13.6 Å². The van der Waals surface area contributed by atoms with Crippen LogP contribution in [0.5, 0.6) is 0 Å². The summed E-state index contributed by atoms with van der Waals surface area (Å²) in [5, 5.41) is 5.34. The van der Waals surface area contributed by atoms with Crippen molar-refractivity contribution in [3.63, 3.8) is 0 Å². The molecular formula is C21H10Cl3F2N3OS. The predicted octanol–water partition coefficient (Wildman–Crippen LogP) is 7.36. The molecule has 2 aromatic carbocycles. The summed E-state index contributed by atoms with van der Waals surface area (Å²) in [6.07, 6.45) is 3.05. The number of amides is 1. The number of pyridine rings is 1. The fraction of sp³-hybridized carbons (Fsp3) is 0. The van der Waals surface area contributed by atoms with Crippen molar-refractivity contribution in [3.05, 3.63) is 86.4 Å². The Hall–Kier alpha value is -2.58. The number of hydrogen-bond acceptors (Lipinski definition) is 4. The minimum Gasteiger partial charge on any atom is -0.320 e. The summed E-state index contributed by atoms with van der Waals surface area (Å²) in [5.41, 5.74) is 0.991. The van der Waals surface area contributed by atoms with Gasteiger partial charge in [-0.2, -0.15) is 0 Å². The molecule has 0 atom stereocenters. The van der Waals surface area contributed by atoms with Crippen LogP contribution in [0.1, 0.15) is 10.4 Å². The fourth-order valence-electron chi connectivity index (χ4n) is 2.84. The topological polar surface area (TPSA) is 54.9 Å². The highest BCUT2D eigenvalue weighted by molar-refractivity contribution is 7.13. The molecule has 4 aromatic rings. The minimum atomic E-state index is -0.738. The maximum atomic E-state index is 14.7. The molecule has 156 valence electrons. The molecule has 0 spiro atoms. The Bertz CT molecular complexity index is 1300. The third kappa shape index (κ3) is 4.55. The van der Waals surface area contributed by atoms with Crippen LogP contribution in [-0.4, -0.2) is 15.9 Å². The van der Waals surface area contributed by atoms with Crippen LogP contribution in [0.25, 0.3) is 21.8 Å². The largest absolute Gasteiger partial charge is 0.320 e. The molecule has 10 heteroatoms. The molecule has 4 nitrogen and oxygen atoms in total. The van der Waals surface area contributed by atoms with Crippen molar-refractivity contribution in [3.8, 4) is 21.8 Å². The van der Waals surface area contributed by atoms with Gasteiger partial charge in [0.05, 0.1) is 32.5 Å². The molecule has 31 heavy (non-hydrogen) atoms. The molecule has 0 aliphatic carbocycles. The van der Waals surface area contributed by atoms with Gasteiger partial charge < -0.3 is 5.32 Å². The summed E-state index contributed by atoms with van der Waals surface area (Å²) in [7, 11) is 0. The van der Waals surface area contributed by atoms with Gasteiger partial charge in [0.15, 0.2) is 0 Å². The van der Waals surface area contributed by atoms with Crippen molar-refractivity contribution in [2.24, 2.45) is 0 Å². The molecule has 0 unspecified atom stereocenters. The molecule has 0 bridgehead atoms. The van der Waals surface area contributed by atoms with E-state index in [-0.39, 0.29) is 26.7 Å². The molecule has 0 fully saturated rings. The lowest BCUT2D eigenvalue weighted by Crippen LogP contribution is -2.13. The molecule has 2 aromatic heterocycles. The summed E-state index contributed by atoms with van der Waals surface area (Å²) < 4.78 is 28.0. The van der Waals surface area contributed by atoms with Gasteiger partial charge in [-0.3, -0.25) is 4.79 Å². The summed E-state index contributed by atoms with van der Waals surface area (Å²) in [4.78, 5) is 21.0. The number of carbonyl (C=O) groups excluding carboxylic acids is 1. The second kappa shape index (κ2) is 8.88. The van der Waals surface area contributed by atoms with Gasteiger partial charge in [-0.05, 0) is 36.4 Å². The first-order valence-electron chi connectivity index (χ1n) is 8.64. The van der Waals surface area contributed by atoms with Gasteiger partial charge in [0.2, 0.25) is 0 Å². The minimum absolute atomic E-state index is 0.00671. The van der Waals surface area contributed by atoms with Crippen LogP contribution in [0, 0.1) is 11.6 Å². The molecule has 0 aliphatic rings. The number of hydrogen-bond donors (Lipinski definition) is 1. The van der Waals surface area contributed by atoms with E-state index in [2.05, 4.69) is 15.3 Å². The SMILES string of the molecule is O=C(Nc1cnc(-c2nccs2)c(Cl)c1)c1cc(F)c(-c2ccc(F)cc2Cl)cc1Cl. The number of nitrogens with zero attached hydrogens (tertiary/aromatic N) is 2. The number of carbonyl (C=O) groups is 1. The summed E-state index contributed by atoms with van der Waals surface area (Å²) >= 11 is 19.9. The standard InChI is InChI=1S/C21H10Cl3F2N3OS/c22-15-5-10(25)1-2-12(15)13-7-16(23)14(8-18(13)26)20(30)29-11-6-17(24)19(28-9-11)21-27-3-4-31-21/h1-9H,(H,29,30). The summed E-state index contributed by atoms with van der Waals surface area (Å²) in [6, 6.07) is 7.33. The van der Waals surface area contributed by atoms with Gasteiger partial charge in [-0.15, -0.1) is 11.3 Å². The molecule has 1 amide bonds. The molecular weight excluding hydrogens is 487 g/mol. The second-order valence-electron chi connectivity index (χ2n) is 6.28. The number of anilines is 1. The van der Waals surface area contributed by atoms with Crippen molar-refractivity contribution >= 4 is 57.7 Å². The Balaban J connectivity index is 1.61. The van der Waals surface area contributed by atoms with Crippen LogP contribution in [-0.2, 0) is 0 Å². The van der Waals surface area contributed by atoms with E-state index in [4.69, 9.17) is 34.8 Å². The van der Waals surface area contributed by atoms with Crippen LogP contribution in [0.4, 0.5) is 14.5 Å². The first-order valence-corrected chi connectivity index (χ1v) is 10.7. The van der Waals surface area contributed by atoms with E-state index in [1.807, 2.05) is 0 Å². The molecule has 2 heterocycles. The molecule has 4 rings (SSSR count). The third-order valence-corrected chi connectivity index (χ3v) is 5.95. The Morgan fingerprint density at radius 1 is 0.935 bits per heavy atom. The van der Waals surface area contributed by atoms with E-state index in [9.17, 15) is 13.6 Å². The maximum absolute atomic E-state index is 14.7. The smallest absolute Gasteiger partial charge is 0.257 e. The number of nitrogens with one attached hydrogen (secondary N) is 1. The quantitative estimate of drug-likeness (QED) is 0.321. The van der Waals surface area contributed by atoms with E-state index in [0.717, 1.165) is 18.2 Å². The lowest BCUT2D eigenvalue weighted by atomic mass is 10.0. The maximum Gasteiger partial charge on any atom is 0.257 e. The molecule has 0 aliphatic heterocycles. The van der Waals surface area contributed by atoms with Crippen LogP contribution in [0.3, 0.4) is 0 Å². The number of halogens is 5. The Morgan fingerprint density at radius 3 is 2.42 bits per heavy atom. The average molecular weight is 497 g/mol. The van der Waals surface area contributed by atoms with Crippen molar-refractivity contribution in [2.45, 2.75) is 0 Å². The van der Waals surface area contributed by atoms with E-state index < -0.39 is 17.5 Å². The van der Waals surface area contributed by atoms with Gasteiger partial charge >= 0.3 is 0 Å². The van der Waals surface area contributed by atoms with E-state index >= 15 is 0 Å². The van der Waals surface area contributed by atoms with Gasteiger partial charge in [0.25, 0.3) is 5.91 Å². The highest BCUT2D eigenvalue weighted by atomic mass is 35.5. The Morgan fingerprint density at radius 2 is 1.74 bits per heavy atom. The molecule has 0 saturated carbocycles. The zero-order valence-electron chi connectivity index (χ0n) is 15.3. The van der Waals surface area contributed by atoms with Crippen molar-refractivity contribution in [1.29, 1.82) is 0 Å². The lowest BCUT2D eigenvalue weighted by Gasteiger charge is -2.11. The lowest BCUT2D eigenvalue weighted by molar-refractivity contribution is 0.102. The zero-order valence-corrected chi connectivity index (χ0v) is 18.4. The summed E-state index contributed by atoms with van der Waals surface area (Å²) in [5.74, 6) is -1.94. The summed E-state index contributed by atoms with van der Waals surface area (Å²) in [6.45, 7) is 0. The number of rotatable bonds is 4.